The summed E-state index contributed by atoms with van der Waals surface area (Å²) in [6, 6.07) is -0.371. The Balaban J connectivity index is 1.85. The molecule has 2 amide bonds. The highest BCUT2D eigenvalue weighted by molar-refractivity contribution is 5.94. The molecule has 120 valence electrons. The largest absolute Gasteiger partial charge is 0.394 e. The van der Waals surface area contributed by atoms with Crippen LogP contribution in [0.3, 0.4) is 0 Å². The Morgan fingerprint density at radius 3 is 2.52 bits per heavy atom. The molecule has 1 unspecified atom stereocenters. The molecule has 2 fully saturated rings. The summed E-state index contributed by atoms with van der Waals surface area (Å²) >= 11 is 0. The minimum absolute atomic E-state index is 0.0114. The molecular formula is C15H27N3O3. The summed E-state index contributed by atoms with van der Waals surface area (Å²) in [5.74, 6) is -0.0155. The summed E-state index contributed by atoms with van der Waals surface area (Å²) in [4.78, 5) is 25.1. The van der Waals surface area contributed by atoms with E-state index >= 15 is 0 Å². The Hall–Kier alpha value is -1.14. The normalized spacial score (nSPS) is 30.6. The standard InChI is InChI=1S/C15H27N3O3/c1-10(2)7-17-11-3-5-15(6-4-11)9-18(14(15)21)12(8-19)13(16)20/h10-12,17,19H,3-9H2,1-2H3,(H2,16,20). The second-order valence-corrected chi connectivity index (χ2v) is 6.89. The summed E-state index contributed by atoms with van der Waals surface area (Å²) in [7, 11) is 0. The number of amides is 2. The molecule has 6 nitrogen and oxygen atoms in total. The number of rotatable bonds is 6. The maximum atomic E-state index is 12.4. The van der Waals surface area contributed by atoms with Gasteiger partial charge < -0.3 is 21.1 Å². The summed E-state index contributed by atoms with van der Waals surface area (Å²) in [5, 5.41) is 12.7. The van der Waals surface area contributed by atoms with Crippen LogP contribution in [0.5, 0.6) is 0 Å². The van der Waals surface area contributed by atoms with Gasteiger partial charge in [-0.15, -0.1) is 0 Å². The fourth-order valence-electron chi connectivity index (χ4n) is 3.42. The number of hydrogen-bond acceptors (Lipinski definition) is 4. The van der Waals surface area contributed by atoms with Crippen molar-refractivity contribution < 1.29 is 14.7 Å². The number of likely N-dealkylation sites (tertiary alicyclic amines) is 1. The number of β-lactam (4-membered cyclic amide) rings is 1. The Morgan fingerprint density at radius 2 is 2.10 bits per heavy atom. The van der Waals surface area contributed by atoms with E-state index in [1.54, 1.807) is 0 Å². The van der Waals surface area contributed by atoms with Gasteiger partial charge in [-0.25, -0.2) is 0 Å². The van der Waals surface area contributed by atoms with Crippen LogP contribution in [0.15, 0.2) is 0 Å². The van der Waals surface area contributed by atoms with Crippen molar-refractivity contribution in [2.24, 2.45) is 17.1 Å². The lowest BCUT2D eigenvalue weighted by Crippen LogP contribution is -2.68. The van der Waals surface area contributed by atoms with Crippen LogP contribution in [0, 0.1) is 11.3 Å². The number of carbonyl (C=O) groups is 2. The van der Waals surface area contributed by atoms with Crippen LogP contribution in [0.4, 0.5) is 0 Å². The predicted octanol–water partition coefficient (Wildman–Crippen LogP) is -0.151. The average Bonchev–Trinajstić information content (AvgIpc) is 2.45. The molecule has 0 radical (unpaired) electrons. The van der Waals surface area contributed by atoms with Gasteiger partial charge in [0, 0.05) is 12.6 Å². The summed E-state index contributed by atoms with van der Waals surface area (Å²) < 4.78 is 0. The monoisotopic (exact) mass is 297 g/mol. The predicted molar refractivity (Wildman–Crippen MR) is 79.3 cm³/mol. The number of nitrogens with two attached hydrogens (primary N) is 1. The molecule has 1 heterocycles. The van der Waals surface area contributed by atoms with Crippen LogP contribution in [-0.2, 0) is 9.59 Å². The zero-order chi connectivity index (χ0) is 15.6. The van der Waals surface area contributed by atoms with Gasteiger partial charge in [-0.3, -0.25) is 9.59 Å². The second kappa shape index (κ2) is 6.32. The Bertz CT molecular complexity index is 403. The van der Waals surface area contributed by atoms with Gasteiger partial charge in [0.2, 0.25) is 11.8 Å². The van der Waals surface area contributed by atoms with Crippen LogP contribution in [-0.4, -0.2) is 53.6 Å². The van der Waals surface area contributed by atoms with E-state index in [2.05, 4.69) is 19.2 Å². The van der Waals surface area contributed by atoms with Crippen molar-refractivity contribution in [3.05, 3.63) is 0 Å². The number of aliphatic hydroxyl groups excluding tert-OH is 1. The minimum Gasteiger partial charge on any atom is -0.394 e. The third kappa shape index (κ3) is 3.21. The SMILES string of the molecule is CC(C)CNC1CCC2(CC1)CN(C(CO)C(N)=O)C2=O. The molecular weight excluding hydrogens is 270 g/mol. The van der Waals surface area contributed by atoms with Gasteiger partial charge >= 0.3 is 0 Å². The third-order valence-electron chi connectivity index (χ3n) is 4.82. The molecule has 1 saturated heterocycles. The molecule has 2 aliphatic rings. The van der Waals surface area contributed by atoms with E-state index in [4.69, 9.17) is 5.73 Å². The Labute approximate surface area is 126 Å². The van der Waals surface area contributed by atoms with Crippen molar-refractivity contribution in [1.82, 2.24) is 10.2 Å². The van der Waals surface area contributed by atoms with E-state index in [1.165, 1.54) is 4.90 Å². The van der Waals surface area contributed by atoms with Gasteiger partial charge in [-0.05, 0) is 38.1 Å². The molecule has 1 spiro atoms. The van der Waals surface area contributed by atoms with E-state index in [0.29, 0.717) is 18.5 Å². The summed E-state index contributed by atoms with van der Waals surface area (Å²) in [5.41, 5.74) is 4.92. The molecule has 0 bridgehead atoms. The van der Waals surface area contributed by atoms with Gasteiger partial charge in [0.1, 0.15) is 6.04 Å². The Morgan fingerprint density at radius 1 is 1.48 bits per heavy atom. The van der Waals surface area contributed by atoms with Crippen molar-refractivity contribution >= 4 is 11.8 Å². The first-order valence-corrected chi connectivity index (χ1v) is 7.84. The van der Waals surface area contributed by atoms with Gasteiger partial charge in [0.15, 0.2) is 0 Å². The fraction of sp³-hybridized carbons (Fsp3) is 0.867. The molecule has 2 rings (SSSR count). The maximum Gasteiger partial charge on any atom is 0.242 e. The number of aliphatic hydroxyl groups is 1. The average molecular weight is 297 g/mol. The van der Waals surface area contributed by atoms with Gasteiger partial charge in [0.05, 0.1) is 12.0 Å². The summed E-state index contributed by atoms with van der Waals surface area (Å²) in [6.45, 7) is 5.53. The fourth-order valence-corrected chi connectivity index (χ4v) is 3.42. The first-order chi connectivity index (χ1) is 9.89. The zero-order valence-corrected chi connectivity index (χ0v) is 13.0. The molecule has 21 heavy (non-hydrogen) atoms. The summed E-state index contributed by atoms with van der Waals surface area (Å²) in [6.07, 6.45) is 3.70. The first-order valence-electron chi connectivity index (χ1n) is 7.84. The first kappa shape index (κ1) is 16.2. The van der Waals surface area contributed by atoms with E-state index < -0.39 is 18.6 Å². The maximum absolute atomic E-state index is 12.4. The molecule has 4 N–H and O–H groups in total. The highest BCUT2D eigenvalue weighted by atomic mass is 16.3. The molecule has 1 saturated carbocycles. The molecule has 0 aromatic carbocycles. The molecule has 0 aromatic rings. The van der Waals surface area contributed by atoms with Gasteiger partial charge in [-0.1, -0.05) is 13.8 Å². The van der Waals surface area contributed by atoms with Crippen molar-refractivity contribution in [3.8, 4) is 0 Å². The zero-order valence-electron chi connectivity index (χ0n) is 13.0. The number of hydrogen-bond donors (Lipinski definition) is 3. The van der Waals surface area contributed by atoms with Crippen LogP contribution in [0.2, 0.25) is 0 Å². The van der Waals surface area contributed by atoms with Crippen LogP contribution < -0.4 is 11.1 Å². The quantitative estimate of drug-likeness (QED) is 0.594. The number of nitrogens with one attached hydrogen (secondary N) is 1. The molecule has 1 aliphatic carbocycles. The lowest BCUT2D eigenvalue weighted by Gasteiger charge is -2.53. The highest BCUT2D eigenvalue weighted by Crippen LogP contribution is 2.45. The minimum atomic E-state index is -0.861. The van der Waals surface area contributed by atoms with Crippen LogP contribution >= 0.6 is 0 Å². The van der Waals surface area contributed by atoms with E-state index in [9.17, 15) is 14.7 Å². The molecule has 6 heteroatoms. The lowest BCUT2D eigenvalue weighted by atomic mass is 9.66. The topological polar surface area (TPSA) is 95.7 Å². The Kier molecular flexibility index (Phi) is 4.88. The number of carbonyl (C=O) groups excluding carboxylic acids is 2. The van der Waals surface area contributed by atoms with Gasteiger partial charge in [0.25, 0.3) is 0 Å². The van der Waals surface area contributed by atoms with Gasteiger partial charge in [-0.2, -0.15) is 0 Å². The number of primary amides is 1. The second-order valence-electron chi connectivity index (χ2n) is 6.89. The van der Waals surface area contributed by atoms with Crippen LogP contribution in [0.25, 0.3) is 0 Å². The highest BCUT2D eigenvalue weighted by Gasteiger charge is 2.55. The number of nitrogens with zero attached hydrogens (tertiary/aromatic N) is 1. The van der Waals surface area contributed by atoms with Crippen LogP contribution in [0.1, 0.15) is 39.5 Å². The lowest BCUT2D eigenvalue weighted by molar-refractivity contribution is -0.172. The van der Waals surface area contributed by atoms with E-state index in [-0.39, 0.29) is 11.3 Å². The molecule has 1 aliphatic heterocycles. The van der Waals surface area contributed by atoms with Crippen molar-refractivity contribution in [2.45, 2.75) is 51.6 Å². The van der Waals surface area contributed by atoms with Crippen molar-refractivity contribution in [2.75, 3.05) is 19.7 Å². The molecule has 0 aromatic heterocycles. The van der Waals surface area contributed by atoms with E-state index in [0.717, 1.165) is 32.2 Å². The van der Waals surface area contributed by atoms with Crippen molar-refractivity contribution in [1.29, 1.82) is 0 Å². The smallest absolute Gasteiger partial charge is 0.242 e. The molecule has 1 atom stereocenters. The van der Waals surface area contributed by atoms with E-state index in [1.807, 2.05) is 0 Å². The third-order valence-corrected chi connectivity index (χ3v) is 4.82. The van der Waals surface area contributed by atoms with Crippen molar-refractivity contribution in [3.63, 3.8) is 0 Å².